The van der Waals surface area contributed by atoms with Gasteiger partial charge in [0.1, 0.15) is 11.5 Å². The zero-order valence-corrected chi connectivity index (χ0v) is 14.9. The molecule has 0 bridgehead atoms. The van der Waals surface area contributed by atoms with Crippen LogP contribution in [0.25, 0.3) is 22.4 Å². The molecule has 0 aliphatic heterocycles. The molecule has 136 valence electrons. The molecule has 1 aromatic carbocycles. The molecular formula is C19H14ClF2N5. The number of halogens is 3. The molecule has 0 amide bonds. The minimum atomic E-state index is -0.599. The zero-order valence-electron chi connectivity index (χ0n) is 14.2. The number of aromatic nitrogens is 4. The van der Waals surface area contributed by atoms with Crippen molar-refractivity contribution >= 4 is 28.5 Å². The smallest absolute Gasteiger partial charge is 0.183 e. The Balaban J connectivity index is 1.70. The summed E-state index contributed by atoms with van der Waals surface area (Å²) in [5.74, 6) is -0.604. The molecule has 3 heterocycles. The van der Waals surface area contributed by atoms with Crippen LogP contribution in [0, 0.1) is 11.6 Å². The number of hydrogen-bond acceptors (Lipinski definition) is 4. The van der Waals surface area contributed by atoms with E-state index in [9.17, 15) is 8.78 Å². The first-order valence-corrected chi connectivity index (χ1v) is 8.56. The van der Waals surface area contributed by atoms with Crippen LogP contribution in [-0.2, 0) is 0 Å². The number of anilines is 1. The van der Waals surface area contributed by atoms with Crippen molar-refractivity contribution in [3.63, 3.8) is 0 Å². The lowest BCUT2D eigenvalue weighted by Gasteiger charge is -2.16. The van der Waals surface area contributed by atoms with Crippen LogP contribution in [-0.4, -0.2) is 19.9 Å². The van der Waals surface area contributed by atoms with Crippen molar-refractivity contribution in [2.45, 2.75) is 13.0 Å². The first-order valence-electron chi connectivity index (χ1n) is 8.19. The predicted molar refractivity (Wildman–Crippen MR) is 101 cm³/mol. The summed E-state index contributed by atoms with van der Waals surface area (Å²) in [5, 5.41) is 4.18. The lowest BCUT2D eigenvalue weighted by atomic mass is 10.1. The molecule has 0 fully saturated rings. The Morgan fingerprint density at radius 1 is 1.15 bits per heavy atom. The summed E-state index contributed by atoms with van der Waals surface area (Å²) < 4.78 is 27.7. The lowest BCUT2D eigenvalue weighted by Crippen LogP contribution is -2.10. The van der Waals surface area contributed by atoms with E-state index in [0.717, 1.165) is 11.6 Å². The number of rotatable bonds is 4. The fourth-order valence-corrected chi connectivity index (χ4v) is 2.98. The molecule has 2 N–H and O–H groups in total. The number of hydrogen-bond donors (Lipinski definition) is 2. The minimum absolute atomic E-state index is 0.0288. The fraction of sp³-hybridized carbons (Fsp3) is 0.105. The first kappa shape index (κ1) is 17.4. The van der Waals surface area contributed by atoms with Crippen LogP contribution in [0.4, 0.5) is 14.6 Å². The lowest BCUT2D eigenvalue weighted by molar-refractivity contribution is 0.612. The van der Waals surface area contributed by atoms with E-state index in [1.165, 1.54) is 18.3 Å². The third-order valence-corrected chi connectivity index (χ3v) is 4.39. The van der Waals surface area contributed by atoms with Crippen molar-refractivity contribution in [2.75, 3.05) is 5.32 Å². The molecule has 0 unspecified atom stereocenters. The molecule has 0 saturated heterocycles. The molecule has 8 heteroatoms. The van der Waals surface area contributed by atoms with Crippen LogP contribution in [0.1, 0.15) is 18.5 Å². The molecule has 0 spiro atoms. The average Bonchev–Trinajstić information content (AvgIpc) is 3.06. The van der Waals surface area contributed by atoms with Gasteiger partial charge in [-0.1, -0.05) is 23.7 Å². The number of aromatic amines is 1. The third kappa shape index (κ3) is 3.46. The van der Waals surface area contributed by atoms with Crippen LogP contribution in [0.3, 0.4) is 0 Å². The van der Waals surface area contributed by atoms with Crippen molar-refractivity contribution in [1.82, 2.24) is 19.9 Å². The van der Waals surface area contributed by atoms with Crippen molar-refractivity contribution in [2.24, 2.45) is 0 Å². The van der Waals surface area contributed by atoms with E-state index in [-0.39, 0.29) is 17.7 Å². The Bertz CT molecular complexity index is 1130. The van der Waals surface area contributed by atoms with Crippen molar-refractivity contribution in [1.29, 1.82) is 0 Å². The van der Waals surface area contributed by atoms with Crippen LogP contribution in [0.2, 0.25) is 5.02 Å². The van der Waals surface area contributed by atoms with Gasteiger partial charge in [0.25, 0.3) is 0 Å². The number of nitrogens with zero attached hydrogens (tertiary/aromatic N) is 3. The van der Waals surface area contributed by atoms with Gasteiger partial charge in [-0.15, -0.1) is 0 Å². The van der Waals surface area contributed by atoms with Gasteiger partial charge < -0.3 is 10.3 Å². The topological polar surface area (TPSA) is 66.5 Å². The summed E-state index contributed by atoms with van der Waals surface area (Å²) in [4.78, 5) is 15.6. The second kappa shape index (κ2) is 6.92. The van der Waals surface area contributed by atoms with Crippen LogP contribution >= 0.6 is 11.6 Å². The fourth-order valence-electron chi connectivity index (χ4n) is 2.83. The van der Waals surface area contributed by atoms with Gasteiger partial charge >= 0.3 is 0 Å². The number of benzene rings is 1. The van der Waals surface area contributed by atoms with Gasteiger partial charge in [-0.25, -0.2) is 23.7 Å². The van der Waals surface area contributed by atoms with E-state index in [2.05, 4.69) is 25.3 Å². The van der Waals surface area contributed by atoms with Crippen molar-refractivity contribution in [3.05, 3.63) is 71.1 Å². The Morgan fingerprint density at radius 2 is 2.00 bits per heavy atom. The average molecular weight is 386 g/mol. The van der Waals surface area contributed by atoms with E-state index in [1.54, 1.807) is 31.3 Å². The van der Waals surface area contributed by atoms with Gasteiger partial charge in [-0.2, -0.15) is 0 Å². The maximum absolute atomic E-state index is 14.2. The summed E-state index contributed by atoms with van der Waals surface area (Å²) >= 11 is 6.02. The normalized spacial score (nSPS) is 12.3. The summed E-state index contributed by atoms with van der Waals surface area (Å²) in [6.45, 7) is 1.80. The molecule has 0 radical (unpaired) electrons. The predicted octanol–water partition coefficient (Wildman–Crippen LogP) is 5.12. The summed E-state index contributed by atoms with van der Waals surface area (Å²) in [6, 6.07) is 7.50. The van der Waals surface area contributed by atoms with Gasteiger partial charge in [0.05, 0.1) is 17.3 Å². The largest absolute Gasteiger partial charge is 0.361 e. The van der Waals surface area contributed by atoms with Crippen LogP contribution < -0.4 is 5.32 Å². The quantitative estimate of drug-likeness (QED) is 0.511. The Kier molecular flexibility index (Phi) is 4.45. The molecule has 3 aromatic heterocycles. The Hall–Kier alpha value is -3.06. The zero-order chi connectivity index (χ0) is 19.0. The van der Waals surface area contributed by atoms with Gasteiger partial charge in [-0.05, 0) is 30.7 Å². The first-order chi connectivity index (χ1) is 13.0. The summed E-state index contributed by atoms with van der Waals surface area (Å²) in [6.07, 6.45) is 4.32. The molecule has 0 aliphatic rings. The molecule has 5 nitrogen and oxygen atoms in total. The molecule has 4 aromatic rings. The van der Waals surface area contributed by atoms with E-state index in [1.807, 2.05) is 0 Å². The highest BCUT2D eigenvalue weighted by Gasteiger charge is 2.15. The highest BCUT2D eigenvalue weighted by Crippen LogP contribution is 2.29. The molecule has 0 saturated carbocycles. The second-order valence-electron chi connectivity index (χ2n) is 6.06. The molecule has 0 aliphatic carbocycles. The summed E-state index contributed by atoms with van der Waals surface area (Å²) in [7, 11) is 0. The van der Waals surface area contributed by atoms with E-state index >= 15 is 0 Å². The minimum Gasteiger partial charge on any atom is -0.361 e. The van der Waals surface area contributed by atoms with Gasteiger partial charge in [0.2, 0.25) is 0 Å². The maximum Gasteiger partial charge on any atom is 0.183 e. The SMILES string of the molecule is C[C@H](Nc1nc(-c2c[nH]c3ncc(Cl)cc23)ncc1F)c1cccc(F)c1. The molecular weight excluding hydrogens is 372 g/mol. The van der Waals surface area contributed by atoms with Crippen LogP contribution in [0.15, 0.2) is 48.9 Å². The maximum atomic E-state index is 14.2. The number of nitrogens with one attached hydrogen (secondary N) is 2. The Labute approximate surface area is 158 Å². The van der Waals surface area contributed by atoms with E-state index < -0.39 is 5.82 Å². The standard InChI is InChI=1S/C19H14ClF2N5/c1-10(11-3-2-4-13(21)5-11)26-19-16(22)9-25-18(27-19)15-8-24-17-14(15)6-12(20)7-23-17/h2-10H,1H3,(H,23,24)(H,25,26,27)/t10-/m0/s1. The highest BCUT2D eigenvalue weighted by molar-refractivity contribution is 6.31. The van der Waals surface area contributed by atoms with Gasteiger partial charge in [0, 0.05) is 23.3 Å². The second-order valence-corrected chi connectivity index (χ2v) is 6.50. The third-order valence-electron chi connectivity index (χ3n) is 4.18. The van der Waals surface area contributed by atoms with Crippen molar-refractivity contribution < 1.29 is 8.78 Å². The number of H-pyrrole nitrogens is 1. The Morgan fingerprint density at radius 3 is 2.81 bits per heavy atom. The van der Waals surface area contributed by atoms with Gasteiger partial charge in [0.15, 0.2) is 17.5 Å². The van der Waals surface area contributed by atoms with Crippen LogP contribution in [0.5, 0.6) is 0 Å². The van der Waals surface area contributed by atoms with Gasteiger partial charge in [-0.3, -0.25) is 0 Å². The molecule has 27 heavy (non-hydrogen) atoms. The van der Waals surface area contributed by atoms with Crippen molar-refractivity contribution in [3.8, 4) is 11.4 Å². The number of pyridine rings is 1. The summed E-state index contributed by atoms with van der Waals surface area (Å²) in [5.41, 5.74) is 1.96. The van der Waals surface area contributed by atoms with E-state index in [4.69, 9.17) is 11.6 Å². The highest BCUT2D eigenvalue weighted by atomic mass is 35.5. The van der Waals surface area contributed by atoms with E-state index in [0.29, 0.717) is 27.6 Å². The monoisotopic (exact) mass is 385 g/mol. The molecule has 4 rings (SSSR count). The number of fused-ring (bicyclic) bond motifs is 1. The molecule has 1 atom stereocenters.